The van der Waals surface area contributed by atoms with Crippen molar-refractivity contribution in [1.29, 1.82) is 0 Å². The summed E-state index contributed by atoms with van der Waals surface area (Å²) in [5, 5.41) is 2.90. The van der Waals surface area contributed by atoms with Gasteiger partial charge in [-0.15, -0.1) is 0 Å². The van der Waals surface area contributed by atoms with Crippen molar-refractivity contribution < 1.29 is 13.9 Å². The number of rotatable bonds is 5. The SMILES string of the molecule is COc1ccc(C(=O)Nc2ccc(Cc3nc4cc(C)cc(C)c4o3)cc2)cc1. The van der Waals surface area contributed by atoms with Gasteiger partial charge in [-0.3, -0.25) is 4.79 Å². The van der Waals surface area contributed by atoms with Gasteiger partial charge in [0.05, 0.1) is 7.11 Å². The van der Waals surface area contributed by atoms with Crippen LogP contribution in [0.1, 0.15) is 32.9 Å². The quantitative estimate of drug-likeness (QED) is 0.506. The Balaban J connectivity index is 1.45. The maximum atomic E-state index is 12.4. The Labute approximate surface area is 169 Å². The monoisotopic (exact) mass is 386 g/mol. The second kappa shape index (κ2) is 7.80. The number of benzene rings is 3. The van der Waals surface area contributed by atoms with Crippen molar-refractivity contribution >= 4 is 22.7 Å². The van der Waals surface area contributed by atoms with Gasteiger partial charge < -0.3 is 14.5 Å². The van der Waals surface area contributed by atoms with E-state index in [4.69, 9.17) is 9.15 Å². The number of nitrogens with zero attached hydrogens (tertiary/aromatic N) is 1. The molecular weight excluding hydrogens is 364 g/mol. The number of anilines is 1. The standard InChI is InChI=1S/C24H22N2O3/c1-15-12-16(2)23-21(13-15)26-22(29-23)14-17-4-8-19(9-5-17)25-24(27)18-6-10-20(28-3)11-7-18/h4-13H,14H2,1-3H3,(H,25,27). The Morgan fingerprint density at radius 2 is 1.76 bits per heavy atom. The molecule has 0 spiro atoms. The predicted molar refractivity (Wildman–Crippen MR) is 114 cm³/mol. The fourth-order valence-corrected chi connectivity index (χ4v) is 3.32. The molecule has 5 nitrogen and oxygen atoms in total. The molecule has 146 valence electrons. The van der Waals surface area contributed by atoms with Crippen molar-refractivity contribution in [3.05, 3.63) is 88.8 Å². The number of nitrogens with one attached hydrogen (secondary N) is 1. The largest absolute Gasteiger partial charge is 0.497 e. The van der Waals surface area contributed by atoms with E-state index in [9.17, 15) is 4.79 Å². The van der Waals surface area contributed by atoms with Crippen LogP contribution < -0.4 is 10.1 Å². The Morgan fingerprint density at radius 1 is 1.03 bits per heavy atom. The van der Waals surface area contributed by atoms with Gasteiger partial charge >= 0.3 is 0 Å². The summed E-state index contributed by atoms with van der Waals surface area (Å²) in [6.07, 6.45) is 0.597. The molecule has 1 amide bonds. The van der Waals surface area contributed by atoms with Crippen LogP contribution >= 0.6 is 0 Å². The third-order valence-electron chi connectivity index (χ3n) is 4.78. The lowest BCUT2D eigenvalue weighted by atomic mass is 10.1. The van der Waals surface area contributed by atoms with Gasteiger partial charge in [0.15, 0.2) is 11.5 Å². The summed E-state index contributed by atoms with van der Waals surface area (Å²) in [6, 6.07) is 18.8. The van der Waals surface area contributed by atoms with Crippen LogP contribution in [-0.4, -0.2) is 18.0 Å². The molecule has 5 heteroatoms. The molecule has 0 atom stereocenters. The number of ether oxygens (including phenoxy) is 1. The fraction of sp³-hybridized carbons (Fsp3) is 0.167. The first kappa shape index (κ1) is 18.7. The van der Waals surface area contributed by atoms with E-state index in [-0.39, 0.29) is 5.91 Å². The fourth-order valence-electron chi connectivity index (χ4n) is 3.32. The number of oxazole rings is 1. The first-order valence-corrected chi connectivity index (χ1v) is 9.43. The molecule has 1 N–H and O–H groups in total. The molecule has 0 saturated heterocycles. The molecule has 3 aromatic carbocycles. The minimum Gasteiger partial charge on any atom is -0.497 e. The maximum Gasteiger partial charge on any atom is 0.255 e. The van der Waals surface area contributed by atoms with Gasteiger partial charge in [0.25, 0.3) is 5.91 Å². The minimum absolute atomic E-state index is 0.162. The van der Waals surface area contributed by atoms with Gasteiger partial charge in [-0.2, -0.15) is 0 Å². The molecule has 1 aromatic heterocycles. The van der Waals surface area contributed by atoms with Gasteiger partial charge in [-0.1, -0.05) is 18.2 Å². The van der Waals surface area contributed by atoms with E-state index in [2.05, 4.69) is 23.3 Å². The summed E-state index contributed by atoms with van der Waals surface area (Å²) in [4.78, 5) is 17.0. The predicted octanol–water partition coefficient (Wildman–Crippen LogP) is 5.30. The highest BCUT2D eigenvalue weighted by molar-refractivity contribution is 6.04. The van der Waals surface area contributed by atoms with Crippen molar-refractivity contribution in [3.63, 3.8) is 0 Å². The van der Waals surface area contributed by atoms with Gasteiger partial charge in [0.2, 0.25) is 0 Å². The number of hydrogen-bond donors (Lipinski definition) is 1. The van der Waals surface area contributed by atoms with Crippen molar-refractivity contribution in [3.8, 4) is 5.75 Å². The normalized spacial score (nSPS) is 10.9. The van der Waals surface area contributed by atoms with Crippen LogP contribution in [-0.2, 0) is 6.42 Å². The van der Waals surface area contributed by atoms with E-state index in [1.54, 1.807) is 31.4 Å². The van der Waals surface area contributed by atoms with Crippen molar-refractivity contribution in [2.75, 3.05) is 12.4 Å². The molecular formula is C24H22N2O3. The molecule has 0 unspecified atom stereocenters. The number of amides is 1. The summed E-state index contributed by atoms with van der Waals surface area (Å²) < 4.78 is 11.1. The second-order valence-electron chi connectivity index (χ2n) is 7.09. The number of aryl methyl sites for hydroxylation is 2. The Bertz CT molecular complexity index is 1160. The molecule has 4 aromatic rings. The lowest BCUT2D eigenvalue weighted by Gasteiger charge is -2.07. The Hall–Kier alpha value is -3.60. The molecule has 0 aliphatic heterocycles. The lowest BCUT2D eigenvalue weighted by molar-refractivity contribution is 0.102. The van der Waals surface area contributed by atoms with E-state index in [1.165, 1.54) is 5.56 Å². The van der Waals surface area contributed by atoms with Crippen LogP contribution in [0.25, 0.3) is 11.1 Å². The zero-order valence-electron chi connectivity index (χ0n) is 16.7. The zero-order valence-corrected chi connectivity index (χ0v) is 16.7. The van der Waals surface area contributed by atoms with E-state index in [0.29, 0.717) is 17.9 Å². The van der Waals surface area contributed by atoms with E-state index in [0.717, 1.165) is 33.7 Å². The number of fused-ring (bicyclic) bond motifs is 1. The van der Waals surface area contributed by atoms with E-state index >= 15 is 0 Å². The highest BCUT2D eigenvalue weighted by Gasteiger charge is 2.10. The van der Waals surface area contributed by atoms with Gasteiger partial charge in [-0.25, -0.2) is 4.98 Å². The molecule has 29 heavy (non-hydrogen) atoms. The van der Waals surface area contributed by atoms with Crippen LogP contribution in [0.3, 0.4) is 0 Å². The molecule has 0 aliphatic rings. The molecule has 0 fully saturated rings. The average molecular weight is 386 g/mol. The van der Waals surface area contributed by atoms with Crippen LogP contribution in [0.5, 0.6) is 5.75 Å². The number of carbonyl (C=O) groups excluding carboxylic acids is 1. The molecule has 1 heterocycles. The van der Waals surface area contributed by atoms with Crippen LogP contribution in [0.4, 0.5) is 5.69 Å². The Kier molecular flexibility index (Phi) is 5.04. The summed E-state index contributed by atoms with van der Waals surface area (Å²) in [6.45, 7) is 4.09. The van der Waals surface area contributed by atoms with Gasteiger partial charge in [0, 0.05) is 17.7 Å². The third kappa shape index (κ3) is 4.14. The minimum atomic E-state index is -0.162. The van der Waals surface area contributed by atoms with Gasteiger partial charge in [0.1, 0.15) is 11.3 Å². The lowest BCUT2D eigenvalue weighted by Crippen LogP contribution is -2.11. The first-order chi connectivity index (χ1) is 14.0. The van der Waals surface area contributed by atoms with Crippen molar-refractivity contribution in [2.24, 2.45) is 0 Å². The van der Waals surface area contributed by atoms with E-state index < -0.39 is 0 Å². The smallest absolute Gasteiger partial charge is 0.255 e. The zero-order chi connectivity index (χ0) is 20.4. The summed E-state index contributed by atoms with van der Waals surface area (Å²) in [7, 11) is 1.60. The van der Waals surface area contributed by atoms with Crippen LogP contribution in [0.2, 0.25) is 0 Å². The molecule has 4 rings (SSSR count). The average Bonchev–Trinajstić information content (AvgIpc) is 3.12. The number of methoxy groups -OCH3 is 1. The number of carbonyl (C=O) groups is 1. The van der Waals surface area contributed by atoms with Crippen LogP contribution in [0.15, 0.2) is 65.1 Å². The number of hydrogen-bond acceptors (Lipinski definition) is 4. The highest BCUT2D eigenvalue weighted by Crippen LogP contribution is 2.23. The summed E-state index contributed by atoms with van der Waals surface area (Å²) in [5.74, 6) is 1.24. The van der Waals surface area contributed by atoms with Crippen molar-refractivity contribution in [2.45, 2.75) is 20.3 Å². The second-order valence-corrected chi connectivity index (χ2v) is 7.09. The molecule has 0 radical (unpaired) electrons. The molecule has 0 bridgehead atoms. The highest BCUT2D eigenvalue weighted by atomic mass is 16.5. The topological polar surface area (TPSA) is 64.4 Å². The number of aromatic nitrogens is 1. The van der Waals surface area contributed by atoms with E-state index in [1.807, 2.05) is 37.3 Å². The molecule has 0 saturated carbocycles. The van der Waals surface area contributed by atoms with Gasteiger partial charge in [-0.05, 0) is 73.0 Å². The summed E-state index contributed by atoms with van der Waals surface area (Å²) in [5.41, 5.74) is 6.37. The summed E-state index contributed by atoms with van der Waals surface area (Å²) >= 11 is 0. The van der Waals surface area contributed by atoms with Crippen molar-refractivity contribution in [1.82, 2.24) is 4.98 Å². The molecule has 0 aliphatic carbocycles. The first-order valence-electron chi connectivity index (χ1n) is 9.43. The van der Waals surface area contributed by atoms with Crippen LogP contribution in [0, 0.1) is 13.8 Å². The third-order valence-corrected chi connectivity index (χ3v) is 4.78. The Morgan fingerprint density at radius 3 is 2.45 bits per heavy atom. The maximum absolute atomic E-state index is 12.4.